The number of ether oxygens (including phenoxy) is 1. The van der Waals surface area contributed by atoms with Crippen molar-refractivity contribution in [3.8, 4) is 0 Å². The molecule has 0 aromatic heterocycles. The highest BCUT2D eigenvalue weighted by atomic mass is 32.2. The number of nitrogens with two attached hydrogens (primary N) is 1. The number of piperidine rings is 1. The van der Waals surface area contributed by atoms with E-state index < -0.39 is 33.4 Å². The number of benzene rings is 2. The Hall–Kier alpha value is -2.71. The zero-order chi connectivity index (χ0) is 22.1. The molecule has 1 aliphatic carbocycles. The SMILES string of the molecule is NC(=O)C1(OC(=O)C2CCCN(S(=O)(=O)c3ccccc3)C2)CCCc2ccccc21. The molecule has 1 heterocycles. The quantitative estimate of drug-likeness (QED) is 0.716. The van der Waals surface area contributed by atoms with E-state index in [1.807, 2.05) is 12.1 Å². The van der Waals surface area contributed by atoms with Crippen molar-refractivity contribution in [1.29, 1.82) is 0 Å². The van der Waals surface area contributed by atoms with E-state index in [-0.39, 0.29) is 11.4 Å². The third kappa shape index (κ3) is 3.97. The van der Waals surface area contributed by atoms with E-state index in [9.17, 15) is 18.0 Å². The molecule has 0 radical (unpaired) electrons. The standard InChI is InChI=1S/C23H26N2O5S/c24-22(27)23(14-6-9-17-8-4-5-13-20(17)23)30-21(26)18-10-7-15-25(16-18)31(28,29)19-11-2-1-3-12-19/h1-5,8,11-13,18H,6-7,9-10,14-16H2,(H2,24,27). The highest BCUT2D eigenvalue weighted by molar-refractivity contribution is 7.89. The third-order valence-electron chi connectivity index (χ3n) is 6.20. The first-order valence-electron chi connectivity index (χ1n) is 10.5. The summed E-state index contributed by atoms with van der Waals surface area (Å²) in [4.78, 5) is 25.8. The molecule has 0 spiro atoms. The molecule has 1 saturated heterocycles. The summed E-state index contributed by atoms with van der Waals surface area (Å²) in [5, 5.41) is 0. The van der Waals surface area contributed by atoms with Crippen LogP contribution in [0.1, 0.15) is 36.8 Å². The molecule has 31 heavy (non-hydrogen) atoms. The first kappa shape index (κ1) is 21.5. The number of hydrogen-bond donors (Lipinski definition) is 1. The average Bonchev–Trinajstić information content (AvgIpc) is 2.80. The van der Waals surface area contributed by atoms with Gasteiger partial charge >= 0.3 is 5.97 Å². The van der Waals surface area contributed by atoms with Crippen LogP contribution in [0.5, 0.6) is 0 Å². The average molecular weight is 443 g/mol. The van der Waals surface area contributed by atoms with Crippen LogP contribution in [0.3, 0.4) is 0 Å². The first-order chi connectivity index (χ1) is 14.8. The maximum atomic E-state index is 13.1. The number of fused-ring (bicyclic) bond motifs is 1. The Morgan fingerprint density at radius 3 is 2.48 bits per heavy atom. The van der Waals surface area contributed by atoms with Crippen molar-refractivity contribution in [3.05, 3.63) is 65.7 Å². The van der Waals surface area contributed by atoms with Crippen molar-refractivity contribution >= 4 is 21.9 Å². The summed E-state index contributed by atoms with van der Waals surface area (Å²) >= 11 is 0. The normalized spacial score (nSPS) is 24.2. The van der Waals surface area contributed by atoms with Crippen molar-refractivity contribution in [2.45, 2.75) is 42.6 Å². The van der Waals surface area contributed by atoms with Crippen LogP contribution >= 0.6 is 0 Å². The van der Waals surface area contributed by atoms with E-state index in [0.29, 0.717) is 37.8 Å². The van der Waals surface area contributed by atoms with E-state index >= 15 is 0 Å². The van der Waals surface area contributed by atoms with Crippen LogP contribution in [0.2, 0.25) is 0 Å². The Bertz CT molecular complexity index is 1090. The van der Waals surface area contributed by atoms with Gasteiger partial charge in [0.25, 0.3) is 5.91 Å². The summed E-state index contributed by atoms with van der Waals surface area (Å²) in [7, 11) is -3.71. The number of amides is 1. The molecule has 8 heteroatoms. The van der Waals surface area contributed by atoms with Crippen molar-refractivity contribution in [2.24, 2.45) is 11.7 Å². The molecule has 2 N–H and O–H groups in total. The minimum Gasteiger partial charge on any atom is -0.444 e. The number of esters is 1. The predicted octanol–water partition coefficient (Wildman–Crippen LogP) is 2.35. The topological polar surface area (TPSA) is 107 Å². The summed E-state index contributed by atoms with van der Waals surface area (Å²) in [6.45, 7) is 0.358. The molecule has 2 atom stereocenters. The highest BCUT2D eigenvalue weighted by Crippen LogP contribution is 2.39. The lowest BCUT2D eigenvalue weighted by atomic mass is 9.78. The van der Waals surface area contributed by atoms with Gasteiger partial charge in [-0.2, -0.15) is 4.31 Å². The fourth-order valence-electron chi connectivity index (χ4n) is 4.56. The number of hydrogen-bond acceptors (Lipinski definition) is 5. The molecule has 1 amide bonds. The van der Waals surface area contributed by atoms with E-state index in [4.69, 9.17) is 10.5 Å². The van der Waals surface area contributed by atoms with Gasteiger partial charge in [0.05, 0.1) is 10.8 Å². The second-order valence-corrected chi connectivity index (χ2v) is 10.1. The van der Waals surface area contributed by atoms with Crippen molar-refractivity contribution < 1.29 is 22.7 Å². The predicted molar refractivity (Wildman–Crippen MR) is 114 cm³/mol. The second-order valence-electron chi connectivity index (χ2n) is 8.14. The van der Waals surface area contributed by atoms with Crippen LogP contribution in [0.25, 0.3) is 0 Å². The Balaban J connectivity index is 1.57. The molecular formula is C23H26N2O5S. The molecule has 0 bridgehead atoms. The number of primary amides is 1. The lowest BCUT2D eigenvalue weighted by molar-refractivity contribution is -0.175. The van der Waals surface area contributed by atoms with Gasteiger partial charge in [-0.1, -0.05) is 42.5 Å². The number of carbonyl (C=O) groups excluding carboxylic acids is 2. The smallest absolute Gasteiger partial charge is 0.311 e. The third-order valence-corrected chi connectivity index (χ3v) is 8.08. The molecule has 2 aliphatic rings. The van der Waals surface area contributed by atoms with Crippen LogP contribution < -0.4 is 5.73 Å². The number of nitrogens with zero attached hydrogens (tertiary/aromatic N) is 1. The van der Waals surface area contributed by atoms with Gasteiger partial charge < -0.3 is 10.5 Å². The zero-order valence-corrected chi connectivity index (χ0v) is 18.0. The van der Waals surface area contributed by atoms with Gasteiger partial charge in [0.15, 0.2) is 0 Å². The number of rotatable bonds is 5. The van der Waals surface area contributed by atoms with Crippen LogP contribution in [0.4, 0.5) is 0 Å². The summed E-state index contributed by atoms with van der Waals surface area (Å²) in [6, 6.07) is 15.5. The molecule has 2 unspecified atom stereocenters. The van der Waals surface area contributed by atoms with E-state index in [1.165, 1.54) is 16.4 Å². The molecule has 0 saturated carbocycles. The van der Waals surface area contributed by atoms with Crippen LogP contribution in [-0.4, -0.2) is 37.7 Å². The summed E-state index contributed by atoms with van der Waals surface area (Å²) in [5.74, 6) is -1.93. The summed E-state index contributed by atoms with van der Waals surface area (Å²) < 4.78 is 33.1. The zero-order valence-electron chi connectivity index (χ0n) is 17.2. The van der Waals surface area contributed by atoms with Crippen LogP contribution in [0.15, 0.2) is 59.5 Å². The Kier molecular flexibility index (Phi) is 5.85. The minimum absolute atomic E-state index is 0.0204. The van der Waals surface area contributed by atoms with E-state index in [2.05, 4.69) is 0 Å². The molecule has 2 aromatic rings. The van der Waals surface area contributed by atoms with Crippen molar-refractivity contribution in [1.82, 2.24) is 4.31 Å². The molecule has 164 valence electrons. The Labute approximate surface area is 182 Å². The Morgan fingerprint density at radius 1 is 1.03 bits per heavy atom. The molecule has 2 aromatic carbocycles. The first-order valence-corrected chi connectivity index (χ1v) is 11.9. The van der Waals surface area contributed by atoms with Gasteiger partial charge in [-0.05, 0) is 43.4 Å². The largest absolute Gasteiger partial charge is 0.444 e. The highest BCUT2D eigenvalue weighted by Gasteiger charge is 2.47. The minimum atomic E-state index is -3.71. The van der Waals surface area contributed by atoms with Crippen molar-refractivity contribution in [3.63, 3.8) is 0 Å². The van der Waals surface area contributed by atoms with Gasteiger partial charge in [-0.25, -0.2) is 8.42 Å². The van der Waals surface area contributed by atoms with Gasteiger partial charge in [0.2, 0.25) is 15.6 Å². The van der Waals surface area contributed by atoms with Gasteiger partial charge in [-0.3, -0.25) is 9.59 Å². The van der Waals surface area contributed by atoms with E-state index in [0.717, 1.165) is 12.0 Å². The summed E-state index contributed by atoms with van der Waals surface area (Å²) in [6.07, 6.45) is 2.81. The maximum absolute atomic E-state index is 13.1. The van der Waals surface area contributed by atoms with Gasteiger partial charge in [0, 0.05) is 25.1 Å². The van der Waals surface area contributed by atoms with Gasteiger partial charge in [-0.15, -0.1) is 0 Å². The Morgan fingerprint density at radius 2 is 1.74 bits per heavy atom. The van der Waals surface area contributed by atoms with Crippen molar-refractivity contribution in [2.75, 3.05) is 13.1 Å². The van der Waals surface area contributed by atoms with Crippen LogP contribution in [0, 0.1) is 5.92 Å². The molecule has 7 nitrogen and oxygen atoms in total. The van der Waals surface area contributed by atoms with Crippen LogP contribution in [-0.2, 0) is 36.4 Å². The second kappa shape index (κ2) is 8.43. The monoisotopic (exact) mass is 442 g/mol. The molecule has 1 fully saturated rings. The maximum Gasteiger partial charge on any atom is 0.311 e. The number of sulfonamides is 1. The molecular weight excluding hydrogens is 416 g/mol. The van der Waals surface area contributed by atoms with E-state index in [1.54, 1.807) is 30.3 Å². The van der Waals surface area contributed by atoms with Gasteiger partial charge in [0.1, 0.15) is 0 Å². The summed E-state index contributed by atoms with van der Waals surface area (Å²) in [5.41, 5.74) is 5.81. The molecule has 4 rings (SSSR count). The number of carbonyl (C=O) groups is 2. The lowest BCUT2D eigenvalue weighted by Gasteiger charge is -2.38. The fourth-order valence-corrected chi connectivity index (χ4v) is 6.10. The lowest BCUT2D eigenvalue weighted by Crippen LogP contribution is -2.50. The number of aryl methyl sites for hydroxylation is 1. The fraction of sp³-hybridized carbons (Fsp3) is 0.391. The molecule has 1 aliphatic heterocycles.